The predicted octanol–water partition coefficient (Wildman–Crippen LogP) is 5.43. The molecular weight excluding hydrogens is 336 g/mol. The van der Waals surface area contributed by atoms with E-state index >= 15 is 0 Å². The highest BCUT2D eigenvalue weighted by Crippen LogP contribution is 2.34. The van der Waals surface area contributed by atoms with E-state index in [0.717, 1.165) is 44.5 Å². The van der Waals surface area contributed by atoms with Gasteiger partial charge in [0.05, 0.1) is 20.1 Å². The monoisotopic (exact) mass is 356 g/mol. The van der Waals surface area contributed by atoms with Crippen molar-refractivity contribution >= 4 is 44.5 Å². The lowest BCUT2D eigenvalue weighted by molar-refractivity contribution is 0.103. The Hall–Kier alpha value is -1.72. The van der Waals surface area contributed by atoms with Crippen LogP contribution in [0.5, 0.6) is 0 Å². The van der Waals surface area contributed by atoms with Gasteiger partial charge in [0, 0.05) is 10.6 Å². The van der Waals surface area contributed by atoms with E-state index in [2.05, 4.69) is 23.3 Å². The summed E-state index contributed by atoms with van der Waals surface area (Å²) in [6.07, 6.45) is 4.73. The maximum absolute atomic E-state index is 12.6. The number of aryl methyl sites for hydroxylation is 2. The lowest BCUT2D eigenvalue weighted by atomic mass is 9.87. The lowest BCUT2D eigenvalue weighted by Crippen LogP contribution is -2.11. The summed E-state index contributed by atoms with van der Waals surface area (Å²) >= 11 is 3.32. The van der Waals surface area contributed by atoms with Gasteiger partial charge in [0.1, 0.15) is 0 Å². The summed E-state index contributed by atoms with van der Waals surface area (Å²) in [4.78, 5) is 19.3. The standard InChI is InChI=1S/C19H20N2OS2/c1-3-12-4-7-16-13(8-12)9-18(24-16)19(22)21-14-5-6-15-17(10-14)23-11(2)20-15/h5-6,9-10,12H,3-4,7-8H2,1-2H3,(H,21,22)/t12-/m0/s1. The molecule has 1 N–H and O–H groups in total. The van der Waals surface area contributed by atoms with Crippen molar-refractivity contribution in [3.63, 3.8) is 0 Å². The van der Waals surface area contributed by atoms with Crippen molar-refractivity contribution in [2.75, 3.05) is 5.32 Å². The van der Waals surface area contributed by atoms with Crippen molar-refractivity contribution in [2.45, 2.75) is 39.5 Å². The lowest BCUT2D eigenvalue weighted by Gasteiger charge is -2.19. The summed E-state index contributed by atoms with van der Waals surface area (Å²) < 4.78 is 1.11. The van der Waals surface area contributed by atoms with E-state index in [1.807, 2.05) is 25.1 Å². The number of benzene rings is 1. The third-order valence-electron chi connectivity index (χ3n) is 4.74. The highest BCUT2D eigenvalue weighted by Gasteiger charge is 2.22. The van der Waals surface area contributed by atoms with Crippen molar-refractivity contribution in [1.82, 2.24) is 4.98 Å². The van der Waals surface area contributed by atoms with Gasteiger partial charge >= 0.3 is 0 Å². The van der Waals surface area contributed by atoms with E-state index in [0.29, 0.717) is 0 Å². The first kappa shape index (κ1) is 15.8. The first-order valence-corrected chi connectivity index (χ1v) is 10.1. The average molecular weight is 357 g/mol. The van der Waals surface area contributed by atoms with Crippen molar-refractivity contribution in [1.29, 1.82) is 0 Å². The average Bonchev–Trinajstić information content (AvgIpc) is 3.15. The van der Waals surface area contributed by atoms with Gasteiger partial charge in [0.15, 0.2) is 0 Å². The number of amides is 1. The van der Waals surface area contributed by atoms with Crippen molar-refractivity contribution in [3.05, 3.63) is 44.6 Å². The van der Waals surface area contributed by atoms with Gasteiger partial charge in [-0.2, -0.15) is 0 Å². The van der Waals surface area contributed by atoms with Crippen molar-refractivity contribution in [2.24, 2.45) is 5.92 Å². The molecule has 24 heavy (non-hydrogen) atoms. The van der Waals surface area contributed by atoms with Crippen molar-refractivity contribution in [3.8, 4) is 0 Å². The van der Waals surface area contributed by atoms with Gasteiger partial charge in [-0.15, -0.1) is 22.7 Å². The summed E-state index contributed by atoms with van der Waals surface area (Å²) in [7, 11) is 0. The number of fused-ring (bicyclic) bond motifs is 2. The molecule has 0 unspecified atom stereocenters. The molecule has 0 bridgehead atoms. The molecule has 5 heteroatoms. The Labute approximate surface area is 149 Å². The van der Waals surface area contributed by atoms with Crippen molar-refractivity contribution < 1.29 is 4.79 Å². The second kappa shape index (κ2) is 6.30. The fraction of sp³-hybridized carbons (Fsp3) is 0.368. The van der Waals surface area contributed by atoms with E-state index in [1.54, 1.807) is 22.7 Å². The predicted molar refractivity (Wildman–Crippen MR) is 102 cm³/mol. The molecule has 4 rings (SSSR count). The molecule has 3 aromatic rings. The SMILES string of the molecule is CC[C@H]1CCc2sc(C(=O)Nc3ccc4nc(C)sc4c3)cc2C1. The molecule has 124 valence electrons. The fourth-order valence-corrected chi connectivity index (χ4v) is 5.34. The molecule has 1 aromatic carbocycles. The summed E-state index contributed by atoms with van der Waals surface area (Å²) in [5.41, 5.74) is 3.22. The van der Waals surface area contributed by atoms with Crippen LogP contribution in [0.2, 0.25) is 0 Å². The normalized spacial score (nSPS) is 17.0. The quantitative estimate of drug-likeness (QED) is 0.679. The van der Waals surface area contributed by atoms with Crippen LogP contribution in [0.15, 0.2) is 24.3 Å². The van der Waals surface area contributed by atoms with Gasteiger partial charge in [-0.25, -0.2) is 4.98 Å². The minimum atomic E-state index is 0.00281. The Bertz CT molecular complexity index is 909. The molecule has 1 aliphatic rings. The number of hydrogen-bond acceptors (Lipinski definition) is 4. The van der Waals surface area contributed by atoms with Gasteiger partial charge in [-0.05, 0) is 61.9 Å². The van der Waals surface area contributed by atoms with Gasteiger partial charge in [-0.1, -0.05) is 13.3 Å². The van der Waals surface area contributed by atoms with Crippen LogP contribution in [-0.2, 0) is 12.8 Å². The van der Waals surface area contributed by atoms with Gasteiger partial charge < -0.3 is 5.32 Å². The van der Waals surface area contributed by atoms with Gasteiger partial charge in [0.25, 0.3) is 5.91 Å². The van der Waals surface area contributed by atoms with Crippen LogP contribution in [0.25, 0.3) is 10.2 Å². The summed E-state index contributed by atoms with van der Waals surface area (Å²) in [5.74, 6) is 0.781. The molecule has 3 nitrogen and oxygen atoms in total. The first-order valence-electron chi connectivity index (χ1n) is 8.42. The number of nitrogens with zero attached hydrogens (tertiary/aromatic N) is 1. The number of carbonyl (C=O) groups excluding carboxylic acids is 1. The number of thiophene rings is 1. The third-order valence-corrected chi connectivity index (χ3v) is 6.91. The molecule has 0 aliphatic heterocycles. The van der Waals surface area contributed by atoms with Gasteiger partial charge in [-0.3, -0.25) is 4.79 Å². The van der Waals surface area contributed by atoms with Crippen LogP contribution in [0.4, 0.5) is 5.69 Å². The van der Waals surface area contributed by atoms with Crippen LogP contribution in [0.1, 0.15) is 44.9 Å². The molecule has 2 aromatic heterocycles. The molecule has 1 aliphatic carbocycles. The van der Waals surface area contributed by atoms with Crippen LogP contribution in [0.3, 0.4) is 0 Å². The molecule has 0 spiro atoms. The number of rotatable bonds is 3. The Kier molecular flexibility index (Phi) is 4.14. The maximum Gasteiger partial charge on any atom is 0.265 e. The number of carbonyl (C=O) groups is 1. The number of anilines is 1. The Morgan fingerprint density at radius 1 is 1.33 bits per heavy atom. The molecule has 1 amide bonds. The molecule has 2 heterocycles. The minimum Gasteiger partial charge on any atom is -0.321 e. The van der Waals surface area contributed by atoms with Crippen LogP contribution >= 0.6 is 22.7 Å². The van der Waals surface area contributed by atoms with Gasteiger partial charge in [0.2, 0.25) is 0 Å². The highest BCUT2D eigenvalue weighted by atomic mass is 32.1. The second-order valence-corrected chi connectivity index (χ2v) is 8.82. The molecule has 0 radical (unpaired) electrons. The van der Waals surface area contributed by atoms with E-state index in [-0.39, 0.29) is 5.91 Å². The summed E-state index contributed by atoms with van der Waals surface area (Å²) in [5, 5.41) is 4.09. The number of aromatic nitrogens is 1. The molecule has 0 fully saturated rings. The molecular formula is C19H20N2OS2. The largest absolute Gasteiger partial charge is 0.321 e. The second-order valence-electron chi connectivity index (χ2n) is 6.45. The van der Waals surface area contributed by atoms with Crippen LogP contribution < -0.4 is 5.32 Å². The smallest absolute Gasteiger partial charge is 0.265 e. The highest BCUT2D eigenvalue weighted by molar-refractivity contribution is 7.18. The molecule has 0 saturated heterocycles. The van der Waals surface area contributed by atoms with E-state index < -0.39 is 0 Å². The zero-order valence-electron chi connectivity index (χ0n) is 13.9. The fourth-order valence-electron chi connectivity index (χ4n) is 3.37. The Balaban J connectivity index is 1.54. The molecule has 0 saturated carbocycles. The maximum atomic E-state index is 12.6. The summed E-state index contributed by atoms with van der Waals surface area (Å²) in [6.45, 7) is 4.26. The number of thiazole rings is 1. The Morgan fingerprint density at radius 2 is 2.21 bits per heavy atom. The minimum absolute atomic E-state index is 0.00281. The zero-order chi connectivity index (χ0) is 16.7. The van der Waals surface area contributed by atoms with Crippen LogP contribution in [0, 0.1) is 12.8 Å². The number of nitrogens with one attached hydrogen (secondary N) is 1. The Morgan fingerprint density at radius 3 is 3.04 bits per heavy atom. The third kappa shape index (κ3) is 2.98. The summed E-state index contributed by atoms with van der Waals surface area (Å²) in [6, 6.07) is 8.02. The van der Waals surface area contributed by atoms with E-state index in [9.17, 15) is 4.79 Å². The van der Waals surface area contributed by atoms with E-state index in [1.165, 1.54) is 23.3 Å². The van der Waals surface area contributed by atoms with Crippen LogP contribution in [-0.4, -0.2) is 10.9 Å². The first-order chi connectivity index (χ1) is 11.6. The van der Waals surface area contributed by atoms with E-state index in [4.69, 9.17) is 0 Å². The topological polar surface area (TPSA) is 42.0 Å². The molecule has 1 atom stereocenters. The zero-order valence-corrected chi connectivity index (χ0v) is 15.5. The number of hydrogen-bond donors (Lipinski definition) is 1.